The first-order valence-corrected chi connectivity index (χ1v) is 12.4. The fourth-order valence-electron chi connectivity index (χ4n) is 4.93. The van der Waals surface area contributed by atoms with Crippen molar-refractivity contribution in [2.45, 2.75) is 123 Å². The molecule has 2 aliphatic rings. The van der Waals surface area contributed by atoms with Crippen LogP contribution in [-0.2, 0) is 4.74 Å². The lowest BCUT2D eigenvalue weighted by molar-refractivity contribution is 0.125. The summed E-state index contributed by atoms with van der Waals surface area (Å²) in [5, 5.41) is 0. The molecule has 0 amide bonds. The molecule has 0 N–H and O–H groups in total. The Kier molecular flexibility index (Phi) is 12.4. The zero-order valence-electron chi connectivity index (χ0n) is 18.5. The SMILES string of the molecule is CCCCOCCCCC1CCC(C=NC2CCC(CCCC)CC2)CC1. The molecule has 2 nitrogen and oxygen atoms in total. The van der Waals surface area contributed by atoms with E-state index in [2.05, 4.69) is 20.1 Å². The van der Waals surface area contributed by atoms with Crippen molar-refractivity contribution >= 4 is 6.21 Å². The van der Waals surface area contributed by atoms with Gasteiger partial charge in [0.15, 0.2) is 0 Å². The topological polar surface area (TPSA) is 21.6 Å². The molecule has 158 valence electrons. The second-order valence-electron chi connectivity index (χ2n) is 9.36. The number of hydrogen-bond acceptors (Lipinski definition) is 2. The molecule has 2 saturated carbocycles. The molecule has 2 fully saturated rings. The van der Waals surface area contributed by atoms with Gasteiger partial charge in [0.2, 0.25) is 0 Å². The first-order chi connectivity index (χ1) is 13.3. The molecule has 0 saturated heterocycles. The van der Waals surface area contributed by atoms with E-state index in [1.165, 1.54) is 103 Å². The van der Waals surface area contributed by atoms with Crippen molar-refractivity contribution in [1.29, 1.82) is 0 Å². The number of unbranched alkanes of at least 4 members (excludes halogenated alkanes) is 3. The van der Waals surface area contributed by atoms with Crippen LogP contribution in [0.25, 0.3) is 0 Å². The number of hydrogen-bond donors (Lipinski definition) is 0. The molecule has 2 aliphatic carbocycles. The summed E-state index contributed by atoms with van der Waals surface area (Å²) < 4.78 is 5.68. The predicted molar refractivity (Wildman–Crippen MR) is 119 cm³/mol. The maximum atomic E-state index is 5.68. The Hall–Kier alpha value is -0.370. The third-order valence-electron chi connectivity index (χ3n) is 6.97. The van der Waals surface area contributed by atoms with Crippen LogP contribution in [0.3, 0.4) is 0 Å². The Balaban J connectivity index is 1.49. The van der Waals surface area contributed by atoms with Gasteiger partial charge in [-0.05, 0) is 82.0 Å². The van der Waals surface area contributed by atoms with Gasteiger partial charge in [0.05, 0.1) is 0 Å². The van der Waals surface area contributed by atoms with Crippen molar-refractivity contribution in [3.05, 3.63) is 0 Å². The first-order valence-electron chi connectivity index (χ1n) is 12.4. The normalized spacial score (nSPS) is 29.4. The maximum Gasteiger partial charge on any atom is 0.0496 e. The van der Waals surface area contributed by atoms with Gasteiger partial charge in [0.1, 0.15) is 0 Å². The van der Waals surface area contributed by atoms with Gasteiger partial charge < -0.3 is 4.74 Å². The Morgan fingerprint density at radius 2 is 1.30 bits per heavy atom. The molecule has 0 aliphatic heterocycles. The number of aliphatic imine (C=N–C) groups is 1. The van der Waals surface area contributed by atoms with Crippen LogP contribution in [0.5, 0.6) is 0 Å². The summed E-state index contributed by atoms with van der Waals surface area (Å²) in [7, 11) is 0. The van der Waals surface area contributed by atoms with Gasteiger partial charge in [0, 0.05) is 25.5 Å². The summed E-state index contributed by atoms with van der Waals surface area (Å²) in [6.45, 7) is 6.47. The lowest BCUT2D eigenvalue weighted by Crippen LogP contribution is -2.19. The molecule has 0 aromatic carbocycles. The average Bonchev–Trinajstić information content (AvgIpc) is 2.71. The summed E-state index contributed by atoms with van der Waals surface area (Å²) in [6.07, 6.45) is 24.3. The van der Waals surface area contributed by atoms with E-state index in [0.717, 1.165) is 31.0 Å². The number of ether oxygens (including phenoxy) is 1. The molecular weight excluding hydrogens is 330 g/mol. The largest absolute Gasteiger partial charge is 0.381 e. The van der Waals surface area contributed by atoms with Gasteiger partial charge in [-0.1, -0.05) is 52.4 Å². The summed E-state index contributed by atoms with van der Waals surface area (Å²) in [5.74, 6) is 2.75. The zero-order chi connectivity index (χ0) is 19.2. The van der Waals surface area contributed by atoms with E-state index in [1.54, 1.807) is 0 Å². The summed E-state index contributed by atoms with van der Waals surface area (Å²) >= 11 is 0. The van der Waals surface area contributed by atoms with Crippen LogP contribution in [-0.4, -0.2) is 25.5 Å². The monoisotopic (exact) mass is 377 g/mol. The Bertz CT molecular complexity index is 365. The van der Waals surface area contributed by atoms with E-state index in [-0.39, 0.29) is 0 Å². The summed E-state index contributed by atoms with van der Waals surface area (Å²) in [5.41, 5.74) is 0. The second-order valence-corrected chi connectivity index (χ2v) is 9.36. The molecule has 27 heavy (non-hydrogen) atoms. The Morgan fingerprint density at radius 1 is 0.704 bits per heavy atom. The predicted octanol–water partition coefficient (Wildman–Crippen LogP) is 7.60. The van der Waals surface area contributed by atoms with Crippen molar-refractivity contribution in [2.24, 2.45) is 22.7 Å². The van der Waals surface area contributed by atoms with Gasteiger partial charge >= 0.3 is 0 Å². The van der Waals surface area contributed by atoms with Crippen molar-refractivity contribution in [3.63, 3.8) is 0 Å². The van der Waals surface area contributed by atoms with E-state index in [0.29, 0.717) is 6.04 Å². The van der Waals surface area contributed by atoms with Crippen molar-refractivity contribution in [1.82, 2.24) is 0 Å². The van der Waals surface area contributed by atoms with Crippen molar-refractivity contribution in [2.75, 3.05) is 13.2 Å². The molecule has 0 bridgehead atoms. The molecule has 2 heteroatoms. The molecule has 0 aromatic rings. The maximum absolute atomic E-state index is 5.68. The Morgan fingerprint density at radius 3 is 1.96 bits per heavy atom. The lowest BCUT2D eigenvalue weighted by Gasteiger charge is -2.28. The number of nitrogens with zero attached hydrogens (tertiary/aromatic N) is 1. The number of rotatable bonds is 13. The standard InChI is InChI=1S/C25H47NO/c1-3-5-9-22-15-17-25(18-16-22)26-21-24-13-11-23(12-14-24)10-7-8-20-27-19-6-4-2/h21-25H,3-20H2,1-2H3. The van der Waals surface area contributed by atoms with Crippen molar-refractivity contribution < 1.29 is 4.74 Å². The minimum Gasteiger partial charge on any atom is -0.381 e. The lowest BCUT2D eigenvalue weighted by atomic mass is 9.80. The molecule has 0 atom stereocenters. The molecule has 0 spiro atoms. The van der Waals surface area contributed by atoms with Gasteiger partial charge in [-0.25, -0.2) is 0 Å². The van der Waals surface area contributed by atoms with Gasteiger partial charge in [-0.2, -0.15) is 0 Å². The second kappa shape index (κ2) is 14.6. The van der Waals surface area contributed by atoms with E-state index in [9.17, 15) is 0 Å². The fraction of sp³-hybridized carbons (Fsp3) is 0.960. The van der Waals surface area contributed by atoms with E-state index in [1.807, 2.05) is 0 Å². The quantitative estimate of drug-likeness (QED) is 0.239. The van der Waals surface area contributed by atoms with Crippen LogP contribution in [0.1, 0.15) is 117 Å². The first kappa shape index (κ1) is 22.9. The molecule has 0 aromatic heterocycles. The van der Waals surface area contributed by atoms with E-state index < -0.39 is 0 Å². The molecular formula is C25H47NO. The van der Waals surface area contributed by atoms with Gasteiger partial charge in [-0.3, -0.25) is 4.99 Å². The van der Waals surface area contributed by atoms with Crippen LogP contribution in [0, 0.1) is 17.8 Å². The van der Waals surface area contributed by atoms with Crippen LogP contribution >= 0.6 is 0 Å². The smallest absolute Gasteiger partial charge is 0.0496 e. The third kappa shape index (κ3) is 10.1. The summed E-state index contributed by atoms with van der Waals surface area (Å²) in [6, 6.07) is 0.647. The van der Waals surface area contributed by atoms with E-state index >= 15 is 0 Å². The molecule has 2 rings (SSSR count). The average molecular weight is 378 g/mol. The van der Waals surface area contributed by atoms with E-state index in [4.69, 9.17) is 9.73 Å². The van der Waals surface area contributed by atoms with Crippen LogP contribution in [0.2, 0.25) is 0 Å². The third-order valence-corrected chi connectivity index (χ3v) is 6.97. The highest BCUT2D eigenvalue weighted by Gasteiger charge is 2.22. The van der Waals surface area contributed by atoms with Crippen LogP contribution in [0.4, 0.5) is 0 Å². The summed E-state index contributed by atoms with van der Waals surface area (Å²) in [4.78, 5) is 5.02. The molecule has 0 heterocycles. The zero-order valence-corrected chi connectivity index (χ0v) is 18.5. The van der Waals surface area contributed by atoms with Crippen LogP contribution in [0.15, 0.2) is 4.99 Å². The molecule has 0 unspecified atom stereocenters. The van der Waals surface area contributed by atoms with Gasteiger partial charge in [0.25, 0.3) is 0 Å². The minimum absolute atomic E-state index is 0.647. The Labute approximate surface area is 169 Å². The highest BCUT2D eigenvalue weighted by atomic mass is 16.5. The fourth-order valence-corrected chi connectivity index (χ4v) is 4.93. The van der Waals surface area contributed by atoms with Gasteiger partial charge in [-0.15, -0.1) is 0 Å². The molecule has 0 radical (unpaired) electrons. The highest BCUT2D eigenvalue weighted by molar-refractivity contribution is 5.61. The highest BCUT2D eigenvalue weighted by Crippen LogP contribution is 2.32. The van der Waals surface area contributed by atoms with Crippen LogP contribution < -0.4 is 0 Å². The van der Waals surface area contributed by atoms with Crippen molar-refractivity contribution in [3.8, 4) is 0 Å². The minimum atomic E-state index is 0.647.